The molecule has 30 heavy (non-hydrogen) atoms. The smallest absolute Gasteiger partial charge is 0.261 e. The molecule has 6 nitrogen and oxygen atoms in total. The van der Waals surface area contributed by atoms with Crippen molar-refractivity contribution in [2.75, 3.05) is 33.2 Å². The lowest BCUT2D eigenvalue weighted by Crippen LogP contribution is -2.40. The molecule has 0 spiro atoms. The van der Waals surface area contributed by atoms with Crippen LogP contribution in [0.5, 0.6) is 0 Å². The maximum absolute atomic E-state index is 12.4. The summed E-state index contributed by atoms with van der Waals surface area (Å²) in [6, 6.07) is 11.2. The molecule has 0 unspecified atom stereocenters. The number of rotatable bonds is 9. The summed E-state index contributed by atoms with van der Waals surface area (Å²) in [6.45, 7) is 4.88. The van der Waals surface area contributed by atoms with Crippen molar-refractivity contribution in [3.05, 3.63) is 57.8 Å². The molecule has 1 aromatic heterocycles. The molecule has 1 aliphatic heterocycles. The van der Waals surface area contributed by atoms with Gasteiger partial charge in [0.25, 0.3) is 11.8 Å². The summed E-state index contributed by atoms with van der Waals surface area (Å²) in [5, 5.41) is 5.43. The fraction of sp³-hybridized carbons (Fsp3) is 0.409. The molecule has 2 heterocycles. The Morgan fingerprint density at radius 1 is 1.10 bits per heavy atom. The van der Waals surface area contributed by atoms with Gasteiger partial charge in [0.15, 0.2) is 5.96 Å². The first-order chi connectivity index (χ1) is 14.1. The van der Waals surface area contributed by atoms with Crippen LogP contribution in [0.15, 0.2) is 46.8 Å². The van der Waals surface area contributed by atoms with Crippen LogP contribution >= 0.6 is 35.3 Å². The van der Waals surface area contributed by atoms with Crippen molar-refractivity contribution >= 4 is 53.1 Å². The largest absolute Gasteiger partial charge is 0.357 e. The highest BCUT2D eigenvalue weighted by Gasteiger charge is 2.34. The Kier molecular flexibility index (Phi) is 9.77. The zero-order valence-electron chi connectivity index (χ0n) is 17.5. The first kappa shape index (κ1) is 24.3. The summed E-state index contributed by atoms with van der Waals surface area (Å²) >= 11 is 1.78. The van der Waals surface area contributed by atoms with Gasteiger partial charge in [-0.15, -0.1) is 35.3 Å². The Bertz CT molecular complexity index is 835. The van der Waals surface area contributed by atoms with Gasteiger partial charge in [-0.1, -0.05) is 18.2 Å². The van der Waals surface area contributed by atoms with Gasteiger partial charge in [-0.05, 0) is 49.8 Å². The Morgan fingerprint density at radius 3 is 2.40 bits per heavy atom. The van der Waals surface area contributed by atoms with Crippen LogP contribution in [0.2, 0.25) is 0 Å². The molecule has 3 rings (SSSR count). The van der Waals surface area contributed by atoms with Crippen LogP contribution in [0.4, 0.5) is 0 Å². The number of guanidine groups is 1. The number of hydrogen-bond donors (Lipinski definition) is 1. The molecular formula is C22H29IN4O2S. The monoisotopic (exact) mass is 540 g/mol. The Labute approximate surface area is 199 Å². The minimum atomic E-state index is -0.184. The van der Waals surface area contributed by atoms with Crippen molar-refractivity contribution in [1.29, 1.82) is 0 Å². The molecule has 162 valence electrons. The minimum absolute atomic E-state index is 0. The number of carbonyl (C=O) groups is 2. The fourth-order valence-electron chi connectivity index (χ4n) is 3.32. The number of aliphatic imine (C=N–C) groups is 1. The van der Waals surface area contributed by atoms with E-state index in [2.05, 4.69) is 34.7 Å². The van der Waals surface area contributed by atoms with E-state index in [0.717, 1.165) is 38.3 Å². The normalized spacial score (nSPS) is 13.3. The fourth-order valence-corrected chi connectivity index (χ4v) is 4.02. The lowest BCUT2D eigenvalue weighted by Gasteiger charge is -2.22. The van der Waals surface area contributed by atoms with Crippen LogP contribution in [0, 0.1) is 0 Å². The zero-order chi connectivity index (χ0) is 20.6. The van der Waals surface area contributed by atoms with E-state index in [-0.39, 0.29) is 35.8 Å². The summed E-state index contributed by atoms with van der Waals surface area (Å²) in [5.41, 5.74) is 1.02. The molecule has 0 radical (unpaired) electrons. The number of hydrogen-bond acceptors (Lipinski definition) is 4. The molecule has 2 aromatic rings. The number of unbranched alkanes of at least 4 members (excludes halogenated alkanes) is 1. The van der Waals surface area contributed by atoms with Crippen molar-refractivity contribution in [3.63, 3.8) is 0 Å². The van der Waals surface area contributed by atoms with Crippen LogP contribution in [0.25, 0.3) is 0 Å². The summed E-state index contributed by atoms with van der Waals surface area (Å²) < 4.78 is 0. The van der Waals surface area contributed by atoms with Gasteiger partial charge in [0, 0.05) is 38.1 Å². The highest BCUT2D eigenvalue weighted by atomic mass is 127. The van der Waals surface area contributed by atoms with E-state index < -0.39 is 0 Å². The maximum Gasteiger partial charge on any atom is 0.261 e. The van der Waals surface area contributed by atoms with Gasteiger partial charge in [-0.25, -0.2) is 0 Å². The highest BCUT2D eigenvalue weighted by Crippen LogP contribution is 2.22. The van der Waals surface area contributed by atoms with Gasteiger partial charge in [0.05, 0.1) is 11.1 Å². The average Bonchev–Trinajstić information content (AvgIpc) is 3.34. The summed E-state index contributed by atoms with van der Waals surface area (Å²) in [6.07, 6.45) is 2.56. The van der Waals surface area contributed by atoms with Gasteiger partial charge >= 0.3 is 0 Å². The van der Waals surface area contributed by atoms with Crippen LogP contribution in [0.1, 0.15) is 45.4 Å². The molecule has 0 fully saturated rings. The number of halogens is 1. The lowest BCUT2D eigenvalue weighted by molar-refractivity contribution is 0.0652. The van der Waals surface area contributed by atoms with E-state index in [0.29, 0.717) is 24.2 Å². The quantitative estimate of drug-likeness (QED) is 0.173. The second-order valence-electron chi connectivity index (χ2n) is 7.00. The SMILES string of the molecule is CCNC(=NCCCCN1C(=O)c2ccccc2C1=O)N(C)CCc1cccs1.I. The number of amides is 2. The zero-order valence-corrected chi connectivity index (χ0v) is 20.6. The number of nitrogens with one attached hydrogen (secondary N) is 1. The highest BCUT2D eigenvalue weighted by molar-refractivity contribution is 14.0. The molecule has 2 amide bonds. The third-order valence-corrected chi connectivity index (χ3v) is 5.84. The van der Waals surface area contributed by atoms with Gasteiger partial charge in [0.1, 0.15) is 0 Å². The molecule has 0 bridgehead atoms. The maximum atomic E-state index is 12.4. The van der Waals surface area contributed by atoms with Gasteiger partial charge < -0.3 is 10.2 Å². The van der Waals surface area contributed by atoms with Crippen molar-refractivity contribution in [2.24, 2.45) is 4.99 Å². The van der Waals surface area contributed by atoms with Gasteiger partial charge in [0.2, 0.25) is 0 Å². The molecule has 1 aliphatic rings. The van der Waals surface area contributed by atoms with E-state index in [1.165, 1.54) is 9.78 Å². The standard InChI is InChI=1S/C22H28N4O2S.HI/c1-3-23-22(25(2)15-12-17-9-8-16-29-17)24-13-6-7-14-26-20(27)18-10-4-5-11-19(18)21(26)28;/h4-5,8-11,16H,3,6-7,12-15H2,1-2H3,(H,23,24);1H. The van der Waals surface area contributed by atoms with E-state index >= 15 is 0 Å². The summed E-state index contributed by atoms with van der Waals surface area (Å²) in [7, 11) is 2.05. The molecule has 1 N–H and O–H groups in total. The van der Waals surface area contributed by atoms with E-state index in [9.17, 15) is 9.59 Å². The third kappa shape index (κ3) is 6.04. The molecule has 0 atom stereocenters. The third-order valence-electron chi connectivity index (χ3n) is 4.90. The first-order valence-corrected chi connectivity index (χ1v) is 11.0. The summed E-state index contributed by atoms with van der Waals surface area (Å²) in [5.74, 6) is 0.524. The number of likely N-dealkylation sites (N-methyl/N-ethyl adjacent to an activating group) is 1. The van der Waals surface area contributed by atoms with Crippen molar-refractivity contribution < 1.29 is 9.59 Å². The minimum Gasteiger partial charge on any atom is -0.357 e. The number of nitrogens with zero attached hydrogens (tertiary/aromatic N) is 3. The Hall–Kier alpha value is -1.94. The predicted octanol–water partition coefficient (Wildman–Crippen LogP) is 3.88. The molecule has 0 saturated carbocycles. The van der Waals surface area contributed by atoms with Gasteiger partial charge in [-0.2, -0.15) is 0 Å². The predicted molar refractivity (Wildman–Crippen MR) is 133 cm³/mol. The van der Waals surface area contributed by atoms with E-state index in [1.807, 2.05) is 7.05 Å². The first-order valence-electron chi connectivity index (χ1n) is 10.1. The molecule has 1 aromatic carbocycles. The van der Waals surface area contributed by atoms with Crippen molar-refractivity contribution in [3.8, 4) is 0 Å². The molecule has 0 aliphatic carbocycles. The lowest BCUT2D eigenvalue weighted by atomic mass is 10.1. The average molecular weight is 540 g/mol. The van der Waals surface area contributed by atoms with E-state index in [4.69, 9.17) is 4.99 Å². The Morgan fingerprint density at radius 2 is 1.80 bits per heavy atom. The van der Waals surface area contributed by atoms with Crippen molar-refractivity contribution in [2.45, 2.75) is 26.2 Å². The number of thiophene rings is 1. The number of imide groups is 1. The molecular weight excluding hydrogens is 511 g/mol. The van der Waals surface area contributed by atoms with Crippen LogP contribution in [0.3, 0.4) is 0 Å². The molecule has 0 saturated heterocycles. The van der Waals surface area contributed by atoms with Crippen molar-refractivity contribution in [1.82, 2.24) is 15.1 Å². The number of carbonyl (C=O) groups excluding carboxylic acids is 2. The number of fused-ring (bicyclic) bond motifs is 1. The molecule has 8 heteroatoms. The number of benzene rings is 1. The van der Waals surface area contributed by atoms with Crippen LogP contribution in [-0.4, -0.2) is 60.8 Å². The summed E-state index contributed by atoms with van der Waals surface area (Å²) in [4.78, 5) is 34.3. The second kappa shape index (κ2) is 12.0. The van der Waals surface area contributed by atoms with Gasteiger partial charge in [-0.3, -0.25) is 19.5 Å². The van der Waals surface area contributed by atoms with Crippen LogP contribution < -0.4 is 5.32 Å². The Balaban J connectivity index is 0.00000320. The second-order valence-corrected chi connectivity index (χ2v) is 8.03. The topological polar surface area (TPSA) is 65.0 Å². The van der Waals surface area contributed by atoms with Crippen LogP contribution in [-0.2, 0) is 6.42 Å². The van der Waals surface area contributed by atoms with E-state index in [1.54, 1.807) is 35.6 Å².